The van der Waals surface area contributed by atoms with Crippen molar-refractivity contribution >= 4 is 17.0 Å². The third-order valence-electron chi connectivity index (χ3n) is 5.78. The first-order chi connectivity index (χ1) is 16.2. The molecule has 0 N–H and O–H groups in total. The summed E-state index contributed by atoms with van der Waals surface area (Å²) in [5.41, 5.74) is 3.47. The van der Waals surface area contributed by atoms with Gasteiger partial charge < -0.3 is 14.2 Å². The fourth-order valence-corrected chi connectivity index (χ4v) is 4.20. The van der Waals surface area contributed by atoms with E-state index in [0.717, 1.165) is 41.8 Å². The number of aromatic nitrogens is 2. The molecular weight excluding hydrogens is 416 g/mol. The maximum atomic E-state index is 13.0. The van der Waals surface area contributed by atoms with Crippen LogP contribution in [0, 0.1) is 0 Å². The van der Waals surface area contributed by atoms with E-state index in [-0.39, 0.29) is 6.61 Å². The quantitative estimate of drug-likeness (QED) is 0.351. The summed E-state index contributed by atoms with van der Waals surface area (Å²) in [6, 6.07) is 23.0. The topological polar surface area (TPSA) is 62.6 Å². The van der Waals surface area contributed by atoms with Crippen LogP contribution >= 0.6 is 0 Å². The molecule has 6 nitrogen and oxygen atoms in total. The fourth-order valence-electron chi connectivity index (χ4n) is 4.20. The van der Waals surface area contributed by atoms with Gasteiger partial charge in [-0.1, -0.05) is 55.8 Å². The summed E-state index contributed by atoms with van der Waals surface area (Å²) in [7, 11) is 0. The minimum absolute atomic E-state index is 0.226. The minimum Gasteiger partial charge on any atom is -0.460 e. The number of unbranched alkanes of at least 4 members (excludes halogenated alkanes) is 1. The Morgan fingerprint density at radius 3 is 2.52 bits per heavy atom. The summed E-state index contributed by atoms with van der Waals surface area (Å²) < 4.78 is 19.9. The molecule has 0 saturated carbocycles. The highest BCUT2D eigenvalue weighted by molar-refractivity contribution is 5.82. The Morgan fingerprint density at radius 2 is 1.73 bits per heavy atom. The molecule has 168 valence electrons. The number of imidazole rings is 1. The van der Waals surface area contributed by atoms with Gasteiger partial charge in [-0.3, -0.25) is 4.57 Å². The number of aryl methyl sites for hydroxylation is 1. The number of esters is 1. The maximum Gasteiger partial charge on any atom is 0.398 e. The van der Waals surface area contributed by atoms with Crippen LogP contribution < -0.4 is 9.47 Å². The largest absolute Gasteiger partial charge is 0.460 e. The molecule has 1 aromatic heterocycles. The number of fused-ring (bicyclic) bond motifs is 2. The second kappa shape index (κ2) is 8.62. The zero-order chi connectivity index (χ0) is 22.8. The summed E-state index contributed by atoms with van der Waals surface area (Å²) in [4.78, 5) is 17.9. The van der Waals surface area contributed by atoms with Gasteiger partial charge in [0, 0.05) is 18.1 Å². The highest BCUT2D eigenvalue weighted by Gasteiger charge is 2.52. The monoisotopic (exact) mass is 442 g/mol. The Morgan fingerprint density at radius 1 is 0.970 bits per heavy atom. The average molecular weight is 443 g/mol. The molecule has 6 heteroatoms. The standard InChI is InChI=1S/C27H26N2O4/c1-3-5-15-25-28-21-13-9-10-14-22(21)29(25)20-16-17-23-24(18-20)33-27(32-23,26(30)31-4-2)19-11-7-6-8-12-19/h6-14,16-18H,3-5,15H2,1-2H3. The predicted molar refractivity (Wildman–Crippen MR) is 126 cm³/mol. The molecule has 0 bridgehead atoms. The van der Waals surface area contributed by atoms with E-state index in [1.54, 1.807) is 19.1 Å². The van der Waals surface area contributed by atoms with Crippen molar-refractivity contribution in [2.75, 3.05) is 6.61 Å². The number of hydrogen-bond acceptors (Lipinski definition) is 5. The highest BCUT2D eigenvalue weighted by atomic mass is 16.8. The second-order valence-corrected chi connectivity index (χ2v) is 7.99. The van der Waals surface area contributed by atoms with Crippen LogP contribution in [0.4, 0.5) is 0 Å². The van der Waals surface area contributed by atoms with Gasteiger partial charge in [-0.15, -0.1) is 0 Å². The van der Waals surface area contributed by atoms with Gasteiger partial charge in [0.05, 0.1) is 23.3 Å². The van der Waals surface area contributed by atoms with Crippen molar-refractivity contribution in [2.45, 2.75) is 38.9 Å². The lowest BCUT2D eigenvalue weighted by Gasteiger charge is -2.25. The number of nitrogens with zero attached hydrogens (tertiary/aromatic N) is 2. The number of carbonyl (C=O) groups is 1. The van der Waals surface area contributed by atoms with E-state index in [2.05, 4.69) is 17.6 Å². The molecule has 2 heterocycles. The van der Waals surface area contributed by atoms with Gasteiger partial charge in [-0.2, -0.15) is 0 Å². The van der Waals surface area contributed by atoms with Gasteiger partial charge in [-0.05, 0) is 37.6 Å². The normalized spacial score (nSPS) is 16.8. The number of carbonyl (C=O) groups excluding carboxylic acids is 1. The first-order valence-corrected chi connectivity index (χ1v) is 11.4. The van der Waals surface area contributed by atoms with Gasteiger partial charge in [0.1, 0.15) is 5.82 Å². The van der Waals surface area contributed by atoms with Crippen molar-refractivity contribution in [1.82, 2.24) is 9.55 Å². The zero-order valence-corrected chi connectivity index (χ0v) is 18.8. The van der Waals surface area contributed by atoms with Gasteiger partial charge >= 0.3 is 11.8 Å². The molecule has 5 rings (SSSR count). The Balaban J connectivity index is 1.59. The van der Waals surface area contributed by atoms with Crippen LogP contribution in [0.1, 0.15) is 38.1 Å². The summed E-state index contributed by atoms with van der Waals surface area (Å²) in [5, 5.41) is 0. The molecule has 0 radical (unpaired) electrons. The van der Waals surface area contributed by atoms with E-state index in [0.29, 0.717) is 17.1 Å². The van der Waals surface area contributed by atoms with Crippen LogP contribution in [0.25, 0.3) is 16.7 Å². The van der Waals surface area contributed by atoms with Crippen LogP contribution in [-0.4, -0.2) is 22.1 Å². The van der Waals surface area contributed by atoms with E-state index in [9.17, 15) is 4.79 Å². The van der Waals surface area contributed by atoms with Crippen molar-refractivity contribution in [1.29, 1.82) is 0 Å². The summed E-state index contributed by atoms with van der Waals surface area (Å²) in [6.07, 6.45) is 3.01. The molecule has 0 spiro atoms. The number of ether oxygens (including phenoxy) is 3. The summed E-state index contributed by atoms with van der Waals surface area (Å²) in [5.74, 6) is -0.263. The van der Waals surface area contributed by atoms with Crippen LogP contribution in [0.2, 0.25) is 0 Å². The predicted octanol–water partition coefficient (Wildman–Crippen LogP) is 5.56. The molecule has 0 saturated heterocycles. The molecule has 33 heavy (non-hydrogen) atoms. The maximum absolute atomic E-state index is 13.0. The molecule has 1 aliphatic rings. The molecule has 3 aromatic carbocycles. The van der Waals surface area contributed by atoms with Crippen LogP contribution in [0.15, 0.2) is 72.8 Å². The van der Waals surface area contributed by atoms with Crippen LogP contribution in [-0.2, 0) is 21.7 Å². The Bertz CT molecular complexity index is 1300. The van der Waals surface area contributed by atoms with E-state index in [4.69, 9.17) is 19.2 Å². The Labute approximate surface area is 192 Å². The van der Waals surface area contributed by atoms with Crippen molar-refractivity contribution < 1.29 is 19.0 Å². The van der Waals surface area contributed by atoms with E-state index in [1.165, 1.54) is 0 Å². The SMILES string of the molecule is CCCCc1nc2ccccc2n1-c1ccc2c(c1)OC(C(=O)OCC)(c1ccccc1)O2. The lowest BCUT2D eigenvalue weighted by molar-refractivity contribution is -0.186. The number of rotatable bonds is 7. The molecule has 0 amide bonds. The van der Waals surface area contributed by atoms with Crippen molar-refractivity contribution in [3.8, 4) is 17.2 Å². The third-order valence-corrected chi connectivity index (χ3v) is 5.78. The minimum atomic E-state index is -1.67. The summed E-state index contributed by atoms with van der Waals surface area (Å²) in [6.45, 7) is 4.16. The van der Waals surface area contributed by atoms with Gasteiger partial charge in [0.25, 0.3) is 0 Å². The molecule has 1 atom stereocenters. The first-order valence-electron chi connectivity index (χ1n) is 11.4. The molecule has 0 fully saturated rings. The molecule has 1 aliphatic heterocycles. The molecule has 0 aliphatic carbocycles. The smallest absolute Gasteiger partial charge is 0.398 e. The van der Waals surface area contributed by atoms with E-state index in [1.807, 2.05) is 54.6 Å². The van der Waals surface area contributed by atoms with Gasteiger partial charge in [0.15, 0.2) is 11.5 Å². The number of benzene rings is 3. The first kappa shape index (κ1) is 21.1. The zero-order valence-electron chi connectivity index (χ0n) is 18.8. The van der Waals surface area contributed by atoms with E-state index < -0.39 is 11.8 Å². The number of para-hydroxylation sites is 2. The molecule has 1 unspecified atom stereocenters. The Kier molecular flexibility index (Phi) is 5.50. The van der Waals surface area contributed by atoms with E-state index >= 15 is 0 Å². The van der Waals surface area contributed by atoms with Gasteiger partial charge in [-0.25, -0.2) is 9.78 Å². The lowest BCUT2D eigenvalue weighted by Crippen LogP contribution is -2.45. The van der Waals surface area contributed by atoms with Crippen LogP contribution in [0.5, 0.6) is 11.5 Å². The average Bonchev–Trinajstić information content (AvgIpc) is 3.42. The van der Waals surface area contributed by atoms with Crippen molar-refractivity contribution in [2.24, 2.45) is 0 Å². The highest BCUT2D eigenvalue weighted by Crippen LogP contribution is 2.46. The number of hydrogen-bond donors (Lipinski definition) is 0. The fraction of sp³-hybridized carbons (Fsp3) is 0.259. The second-order valence-electron chi connectivity index (χ2n) is 7.99. The molecule has 4 aromatic rings. The van der Waals surface area contributed by atoms with Crippen molar-refractivity contribution in [3.05, 3.63) is 84.2 Å². The van der Waals surface area contributed by atoms with Crippen molar-refractivity contribution in [3.63, 3.8) is 0 Å². The van der Waals surface area contributed by atoms with Gasteiger partial charge in [0.2, 0.25) is 0 Å². The molecular formula is C27H26N2O4. The third kappa shape index (κ3) is 3.61. The lowest BCUT2D eigenvalue weighted by atomic mass is 10.1. The van der Waals surface area contributed by atoms with Crippen LogP contribution in [0.3, 0.4) is 0 Å². The summed E-state index contributed by atoms with van der Waals surface area (Å²) >= 11 is 0. The Hall–Kier alpha value is -3.80.